The molecule has 0 aromatic carbocycles. The third-order valence-corrected chi connectivity index (χ3v) is 4.63. The van der Waals surface area contributed by atoms with Gasteiger partial charge in [-0.1, -0.05) is 0 Å². The Hall–Kier alpha value is -1.06. The molecule has 0 spiro atoms. The molecule has 1 aromatic rings. The third-order valence-electron chi connectivity index (χ3n) is 2.99. The zero-order valence-corrected chi connectivity index (χ0v) is 10.7. The highest BCUT2D eigenvalue weighted by Gasteiger charge is 2.65. The van der Waals surface area contributed by atoms with Crippen LogP contribution in [0.15, 0.2) is 15.4 Å². The summed E-state index contributed by atoms with van der Waals surface area (Å²) < 4.78 is 68.6. The van der Waals surface area contributed by atoms with Crippen molar-refractivity contribution in [2.45, 2.75) is 43.0 Å². The van der Waals surface area contributed by atoms with Gasteiger partial charge in [-0.15, -0.1) is 0 Å². The van der Waals surface area contributed by atoms with Crippen LogP contribution in [0, 0.1) is 6.92 Å². The molecule has 1 fully saturated rings. The SMILES string of the molecule is Cc1oc(CO)cc1S(=O)(=O)NC1(C(F)(F)F)CC1. The fourth-order valence-electron chi connectivity index (χ4n) is 1.75. The number of nitrogens with one attached hydrogen (secondary N) is 1. The van der Waals surface area contributed by atoms with E-state index < -0.39 is 28.3 Å². The minimum absolute atomic E-state index is 0.0188. The second kappa shape index (κ2) is 4.22. The van der Waals surface area contributed by atoms with Crippen molar-refractivity contribution in [3.05, 3.63) is 17.6 Å². The molecule has 1 aliphatic carbocycles. The van der Waals surface area contributed by atoms with Crippen LogP contribution in [-0.2, 0) is 16.6 Å². The fourth-order valence-corrected chi connectivity index (χ4v) is 3.40. The van der Waals surface area contributed by atoms with Crippen LogP contribution in [-0.4, -0.2) is 25.2 Å². The van der Waals surface area contributed by atoms with Crippen molar-refractivity contribution in [1.29, 1.82) is 0 Å². The first-order chi connectivity index (χ1) is 8.61. The van der Waals surface area contributed by atoms with E-state index in [-0.39, 0.29) is 29.3 Å². The van der Waals surface area contributed by atoms with Gasteiger partial charge in [0, 0.05) is 6.07 Å². The monoisotopic (exact) mass is 299 g/mol. The number of sulfonamides is 1. The van der Waals surface area contributed by atoms with E-state index in [1.165, 1.54) is 6.92 Å². The van der Waals surface area contributed by atoms with Gasteiger partial charge >= 0.3 is 6.18 Å². The van der Waals surface area contributed by atoms with E-state index in [1.54, 1.807) is 4.72 Å². The molecule has 0 atom stereocenters. The predicted octanol–water partition coefficient (Wildman–Crippen LogP) is 1.45. The molecule has 2 N–H and O–H groups in total. The Labute approximate surface area is 107 Å². The van der Waals surface area contributed by atoms with Crippen LogP contribution >= 0.6 is 0 Å². The summed E-state index contributed by atoms with van der Waals surface area (Å²) in [7, 11) is -4.33. The summed E-state index contributed by atoms with van der Waals surface area (Å²) >= 11 is 0. The lowest BCUT2D eigenvalue weighted by Gasteiger charge is -2.20. The molecule has 1 aliphatic rings. The average Bonchev–Trinajstić information content (AvgIpc) is 2.92. The van der Waals surface area contributed by atoms with Crippen molar-refractivity contribution in [1.82, 2.24) is 4.72 Å². The number of hydrogen-bond donors (Lipinski definition) is 2. The molecule has 19 heavy (non-hydrogen) atoms. The summed E-state index contributed by atoms with van der Waals surface area (Å²) in [5.41, 5.74) is -2.37. The van der Waals surface area contributed by atoms with E-state index in [9.17, 15) is 21.6 Å². The maximum Gasteiger partial charge on any atom is 0.407 e. The topological polar surface area (TPSA) is 79.5 Å². The first kappa shape index (κ1) is 14.4. The van der Waals surface area contributed by atoms with Crippen LogP contribution in [0.2, 0.25) is 0 Å². The third kappa shape index (κ3) is 2.49. The van der Waals surface area contributed by atoms with Crippen molar-refractivity contribution in [2.75, 3.05) is 0 Å². The summed E-state index contributed by atoms with van der Waals surface area (Å²) in [6, 6.07) is 1.02. The van der Waals surface area contributed by atoms with Crippen LogP contribution < -0.4 is 4.72 Å². The van der Waals surface area contributed by atoms with Gasteiger partial charge in [0.1, 0.15) is 28.6 Å². The van der Waals surface area contributed by atoms with Gasteiger partial charge in [0.2, 0.25) is 10.0 Å². The highest BCUT2D eigenvalue weighted by molar-refractivity contribution is 7.89. The molecule has 0 unspecified atom stereocenters. The highest BCUT2D eigenvalue weighted by Crippen LogP contribution is 2.49. The van der Waals surface area contributed by atoms with E-state index in [1.807, 2.05) is 0 Å². The molecule has 0 saturated heterocycles. The van der Waals surface area contributed by atoms with Crippen LogP contribution in [0.1, 0.15) is 24.4 Å². The molecular weight excluding hydrogens is 287 g/mol. The quantitative estimate of drug-likeness (QED) is 0.882. The summed E-state index contributed by atoms with van der Waals surface area (Å²) in [5, 5.41) is 8.83. The molecule has 0 amide bonds. The Morgan fingerprint density at radius 2 is 2.05 bits per heavy atom. The first-order valence-corrected chi connectivity index (χ1v) is 6.90. The number of aliphatic hydroxyl groups excluding tert-OH is 1. The molecule has 0 bridgehead atoms. The van der Waals surface area contributed by atoms with Gasteiger partial charge in [0.05, 0.1) is 0 Å². The number of halogens is 3. The normalized spacial score (nSPS) is 18.6. The standard InChI is InChI=1S/C10H12F3NO4S/c1-6-8(4-7(5-15)18-6)19(16,17)14-9(2-3-9)10(11,12)13/h4,14-15H,2-3,5H2,1H3. The molecular formula is C10H12F3NO4S. The van der Waals surface area contributed by atoms with Gasteiger partial charge in [-0.2, -0.15) is 17.9 Å². The van der Waals surface area contributed by atoms with Crippen molar-refractivity contribution < 1.29 is 31.1 Å². The number of aryl methyl sites for hydroxylation is 1. The molecule has 1 aromatic heterocycles. The van der Waals surface area contributed by atoms with Gasteiger partial charge in [-0.3, -0.25) is 0 Å². The van der Waals surface area contributed by atoms with Gasteiger partial charge in [0.15, 0.2) is 0 Å². The molecule has 0 aliphatic heterocycles. The lowest BCUT2D eigenvalue weighted by molar-refractivity contribution is -0.160. The lowest BCUT2D eigenvalue weighted by atomic mass is 10.3. The van der Waals surface area contributed by atoms with E-state index in [0.717, 1.165) is 6.07 Å². The van der Waals surface area contributed by atoms with E-state index in [2.05, 4.69) is 0 Å². The summed E-state index contributed by atoms with van der Waals surface area (Å²) in [6.45, 7) is 0.779. The van der Waals surface area contributed by atoms with E-state index in [0.29, 0.717) is 0 Å². The Kier molecular flexibility index (Phi) is 3.19. The fraction of sp³-hybridized carbons (Fsp3) is 0.600. The predicted molar refractivity (Wildman–Crippen MR) is 57.7 cm³/mol. The maximum atomic E-state index is 12.7. The molecule has 108 valence electrons. The van der Waals surface area contributed by atoms with E-state index in [4.69, 9.17) is 9.52 Å². The number of hydrogen-bond acceptors (Lipinski definition) is 4. The van der Waals surface area contributed by atoms with Crippen molar-refractivity contribution >= 4 is 10.0 Å². The minimum atomic E-state index is -4.63. The second-order valence-corrected chi connectivity index (χ2v) is 6.13. The van der Waals surface area contributed by atoms with Gasteiger partial charge in [0.25, 0.3) is 0 Å². The van der Waals surface area contributed by atoms with Crippen LogP contribution in [0.3, 0.4) is 0 Å². The van der Waals surface area contributed by atoms with Crippen molar-refractivity contribution in [2.24, 2.45) is 0 Å². The summed E-state index contributed by atoms with van der Waals surface area (Å²) in [5.74, 6) is -0.0794. The zero-order valence-electron chi connectivity index (χ0n) is 9.91. The number of aliphatic hydroxyl groups is 1. The molecule has 0 radical (unpaired) electrons. The Morgan fingerprint density at radius 1 is 1.47 bits per heavy atom. The van der Waals surface area contributed by atoms with Gasteiger partial charge in [-0.25, -0.2) is 8.42 Å². The molecule has 1 saturated carbocycles. The average molecular weight is 299 g/mol. The summed E-state index contributed by atoms with van der Waals surface area (Å²) in [4.78, 5) is -0.382. The van der Waals surface area contributed by atoms with Gasteiger partial charge in [-0.05, 0) is 19.8 Å². The molecule has 9 heteroatoms. The molecule has 1 heterocycles. The minimum Gasteiger partial charge on any atom is -0.462 e. The maximum absolute atomic E-state index is 12.7. The van der Waals surface area contributed by atoms with Gasteiger partial charge < -0.3 is 9.52 Å². The van der Waals surface area contributed by atoms with E-state index >= 15 is 0 Å². The Bertz CT molecular complexity index is 586. The number of rotatable bonds is 4. The Balaban J connectivity index is 2.31. The zero-order chi connectivity index (χ0) is 14.5. The van der Waals surface area contributed by atoms with Crippen molar-refractivity contribution in [3.63, 3.8) is 0 Å². The highest BCUT2D eigenvalue weighted by atomic mass is 32.2. The van der Waals surface area contributed by atoms with Crippen LogP contribution in [0.25, 0.3) is 0 Å². The molecule has 5 nitrogen and oxygen atoms in total. The van der Waals surface area contributed by atoms with Crippen LogP contribution in [0.5, 0.6) is 0 Å². The number of furan rings is 1. The molecule has 2 rings (SSSR count). The largest absolute Gasteiger partial charge is 0.462 e. The summed E-state index contributed by atoms with van der Waals surface area (Å²) in [6.07, 6.45) is -5.18. The second-order valence-electron chi connectivity index (χ2n) is 4.48. The first-order valence-electron chi connectivity index (χ1n) is 5.42. The Morgan fingerprint density at radius 3 is 2.42 bits per heavy atom. The van der Waals surface area contributed by atoms with Crippen LogP contribution in [0.4, 0.5) is 13.2 Å². The van der Waals surface area contributed by atoms with Crippen molar-refractivity contribution in [3.8, 4) is 0 Å². The number of alkyl halides is 3. The lowest BCUT2D eigenvalue weighted by Crippen LogP contribution is -2.47. The smallest absolute Gasteiger partial charge is 0.407 e.